The van der Waals surface area contributed by atoms with Gasteiger partial charge in [-0.15, -0.1) is 0 Å². The maximum atomic E-state index is 12.0. The van der Waals surface area contributed by atoms with Gasteiger partial charge >= 0.3 is 5.69 Å². The highest BCUT2D eigenvalue weighted by Crippen LogP contribution is 2.28. The number of hydrogen-bond acceptors (Lipinski definition) is 4. The van der Waals surface area contributed by atoms with Gasteiger partial charge in [0, 0.05) is 16.1 Å². The molecule has 0 saturated carbocycles. The third-order valence-corrected chi connectivity index (χ3v) is 3.48. The lowest BCUT2D eigenvalue weighted by atomic mass is 10.1. The van der Waals surface area contributed by atoms with E-state index >= 15 is 0 Å². The predicted molar refractivity (Wildman–Crippen MR) is 87.2 cm³/mol. The molecule has 0 amide bonds. The first-order valence-electron chi connectivity index (χ1n) is 6.31. The third kappa shape index (κ3) is 3.79. The molecule has 0 atom stereocenters. The van der Waals surface area contributed by atoms with E-state index in [0.29, 0.717) is 11.1 Å². The number of carbonyl (C=O) groups excluding carboxylic acids is 1. The van der Waals surface area contributed by atoms with E-state index in [2.05, 4.69) is 15.9 Å². The van der Waals surface area contributed by atoms with E-state index < -0.39 is 4.92 Å². The first-order chi connectivity index (χ1) is 10.5. The van der Waals surface area contributed by atoms with E-state index in [-0.39, 0.29) is 17.2 Å². The average molecular weight is 362 g/mol. The van der Waals surface area contributed by atoms with Crippen molar-refractivity contribution in [2.75, 3.05) is 7.11 Å². The molecule has 0 spiro atoms. The van der Waals surface area contributed by atoms with Crippen LogP contribution < -0.4 is 4.74 Å². The molecular weight excluding hydrogens is 350 g/mol. The van der Waals surface area contributed by atoms with E-state index in [1.54, 1.807) is 30.3 Å². The van der Waals surface area contributed by atoms with Crippen molar-refractivity contribution in [3.63, 3.8) is 0 Å². The van der Waals surface area contributed by atoms with Gasteiger partial charge in [-0.1, -0.05) is 28.1 Å². The molecule has 0 aliphatic carbocycles. The fourth-order valence-corrected chi connectivity index (χ4v) is 2.10. The lowest BCUT2D eigenvalue weighted by Gasteiger charge is -2.02. The zero-order valence-corrected chi connectivity index (χ0v) is 13.2. The van der Waals surface area contributed by atoms with Gasteiger partial charge in [-0.2, -0.15) is 0 Å². The standard InChI is InChI=1S/C16H12BrNO4/c1-22-16-9-3-11(10-14(16)18(20)21)2-8-15(19)12-4-6-13(17)7-5-12/h2-10H,1H3/b8-2+. The molecule has 0 heterocycles. The summed E-state index contributed by atoms with van der Waals surface area (Å²) >= 11 is 3.30. The van der Waals surface area contributed by atoms with Crippen molar-refractivity contribution < 1.29 is 14.5 Å². The van der Waals surface area contributed by atoms with Crippen LogP contribution in [0.3, 0.4) is 0 Å². The van der Waals surface area contributed by atoms with Crippen molar-refractivity contribution in [3.05, 3.63) is 74.3 Å². The summed E-state index contributed by atoms with van der Waals surface area (Å²) in [7, 11) is 1.37. The number of ether oxygens (including phenoxy) is 1. The van der Waals surface area contributed by atoms with Gasteiger partial charge in [0.25, 0.3) is 0 Å². The van der Waals surface area contributed by atoms with E-state index in [4.69, 9.17) is 4.74 Å². The Morgan fingerprint density at radius 1 is 1.23 bits per heavy atom. The number of nitro groups is 1. The van der Waals surface area contributed by atoms with Crippen LogP contribution in [0, 0.1) is 10.1 Å². The summed E-state index contributed by atoms with van der Waals surface area (Å²) in [6.45, 7) is 0. The number of allylic oxidation sites excluding steroid dienone is 1. The first-order valence-corrected chi connectivity index (χ1v) is 7.11. The minimum absolute atomic E-state index is 0.138. The van der Waals surface area contributed by atoms with Crippen LogP contribution in [0.15, 0.2) is 53.0 Å². The Morgan fingerprint density at radius 2 is 1.91 bits per heavy atom. The quantitative estimate of drug-likeness (QED) is 0.345. The van der Waals surface area contributed by atoms with Gasteiger partial charge in [-0.25, -0.2) is 0 Å². The summed E-state index contributed by atoms with van der Waals surface area (Å²) in [6, 6.07) is 11.5. The molecule has 0 aliphatic rings. The van der Waals surface area contributed by atoms with Crippen LogP contribution in [-0.2, 0) is 0 Å². The maximum absolute atomic E-state index is 12.0. The number of halogens is 1. The van der Waals surface area contributed by atoms with Crippen molar-refractivity contribution in [2.45, 2.75) is 0 Å². The summed E-state index contributed by atoms with van der Waals surface area (Å²) < 4.78 is 5.82. The smallest absolute Gasteiger partial charge is 0.311 e. The van der Waals surface area contributed by atoms with Gasteiger partial charge in [0.05, 0.1) is 12.0 Å². The summed E-state index contributed by atoms with van der Waals surface area (Å²) in [5.74, 6) is 0.00681. The molecule has 5 nitrogen and oxygen atoms in total. The summed E-state index contributed by atoms with van der Waals surface area (Å²) in [6.07, 6.45) is 2.92. The second kappa shape index (κ2) is 7.00. The third-order valence-electron chi connectivity index (χ3n) is 2.96. The predicted octanol–water partition coefficient (Wildman–Crippen LogP) is 4.26. The fourth-order valence-electron chi connectivity index (χ4n) is 1.84. The van der Waals surface area contributed by atoms with E-state index in [0.717, 1.165) is 4.47 Å². The molecule has 0 aromatic heterocycles. The van der Waals surface area contributed by atoms with Crippen molar-refractivity contribution in [1.82, 2.24) is 0 Å². The van der Waals surface area contributed by atoms with Gasteiger partial charge in [0.1, 0.15) is 0 Å². The number of carbonyl (C=O) groups is 1. The minimum atomic E-state index is -0.521. The van der Waals surface area contributed by atoms with Crippen molar-refractivity contribution >= 4 is 33.5 Å². The minimum Gasteiger partial charge on any atom is -0.490 e. The van der Waals surface area contributed by atoms with E-state index in [1.807, 2.05) is 0 Å². The van der Waals surface area contributed by atoms with E-state index in [1.165, 1.54) is 31.4 Å². The molecule has 0 saturated heterocycles. The Labute approximate surface area is 135 Å². The second-order valence-electron chi connectivity index (χ2n) is 4.39. The highest BCUT2D eigenvalue weighted by molar-refractivity contribution is 9.10. The Morgan fingerprint density at radius 3 is 2.50 bits per heavy atom. The molecule has 0 fully saturated rings. The van der Waals surface area contributed by atoms with Crippen molar-refractivity contribution in [1.29, 1.82) is 0 Å². The maximum Gasteiger partial charge on any atom is 0.311 e. The van der Waals surface area contributed by atoms with Crippen molar-refractivity contribution in [2.24, 2.45) is 0 Å². The summed E-state index contributed by atoms with van der Waals surface area (Å²) in [5.41, 5.74) is 0.959. The largest absolute Gasteiger partial charge is 0.490 e. The average Bonchev–Trinajstić information content (AvgIpc) is 2.53. The van der Waals surface area contributed by atoms with Crippen LogP contribution in [0.4, 0.5) is 5.69 Å². The van der Waals surface area contributed by atoms with Gasteiger partial charge in [-0.05, 0) is 42.0 Å². The highest BCUT2D eigenvalue weighted by atomic mass is 79.9. The number of benzene rings is 2. The molecule has 22 heavy (non-hydrogen) atoms. The van der Waals surface area contributed by atoms with Gasteiger partial charge in [0.2, 0.25) is 0 Å². The fraction of sp³-hybridized carbons (Fsp3) is 0.0625. The molecule has 112 valence electrons. The van der Waals surface area contributed by atoms with Crippen LogP contribution >= 0.6 is 15.9 Å². The van der Waals surface area contributed by atoms with E-state index in [9.17, 15) is 14.9 Å². The monoisotopic (exact) mass is 361 g/mol. The SMILES string of the molecule is COc1ccc(/C=C/C(=O)c2ccc(Br)cc2)cc1[N+](=O)[O-]. The number of rotatable bonds is 5. The van der Waals surface area contributed by atoms with Crippen LogP contribution in [0.1, 0.15) is 15.9 Å². The molecule has 2 aromatic carbocycles. The van der Waals surface area contributed by atoms with Crippen LogP contribution in [0.2, 0.25) is 0 Å². The van der Waals surface area contributed by atoms with Crippen LogP contribution in [0.5, 0.6) is 5.75 Å². The normalized spacial score (nSPS) is 10.6. The molecule has 0 N–H and O–H groups in total. The van der Waals surface area contributed by atoms with Crippen LogP contribution in [0.25, 0.3) is 6.08 Å². The first kappa shape index (κ1) is 15.9. The zero-order chi connectivity index (χ0) is 16.1. The highest BCUT2D eigenvalue weighted by Gasteiger charge is 2.14. The molecule has 6 heteroatoms. The van der Waals surface area contributed by atoms with Crippen LogP contribution in [-0.4, -0.2) is 17.8 Å². The molecule has 2 aromatic rings. The Bertz CT molecular complexity index is 738. The molecule has 0 radical (unpaired) electrons. The summed E-state index contributed by atoms with van der Waals surface area (Å²) in [4.78, 5) is 22.4. The zero-order valence-electron chi connectivity index (χ0n) is 11.7. The number of ketones is 1. The number of hydrogen-bond donors (Lipinski definition) is 0. The molecule has 2 rings (SSSR count). The molecular formula is C16H12BrNO4. The Balaban J connectivity index is 2.22. The lowest BCUT2D eigenvalue weighted by molar-refractivity contribution is -0.385. The Hall–Kier alpha value is -2.47. The molecule has 0 aliphatic heterocycles. The number of methoxy groups -OCH3 is 1. The van der Waals surface area contributed by atoms with Gasteiger partial charge in [0.15, 0.2) is 11.5 Å². The Kier molecular flexibility index (Phi) is 5.06. The number of nitro benzene ring substituents is 1. The second-order valence-corrected chi connectivity index (χ2v) is 5.31. The number of nitrogens with zero attached hydrogens (tertiary/aromatic N) is 1. The lowest BCUT2D eigenvalue weighted by Crippen LogP contribution is -1.95. The topological polar surface area (TPSA) is 69.4 Å². The molecule has 0 bridgehead atoms. The van der Waals surface area contributed by atoms with Crippen molar-refractivity contribution in [3.8, 4) is 5.75 Å². The van der Waals surface area contributed by atoms with Gasteiger partial charge in [-0.3, -0.25) is 14.9 Å². The van der Waals surface area contributed by atoms with Gasteiger partial charge < -0.3 is 4.74 Å². The summed E-state index contributed by atoms with van der Waals surface area (Å²) in [5, 5.41) is 11.0. The molecule has 0 unspecified atom stereocenters.